The molecule has 0 aliphatic heterocycles. The quantitative estimate of drug-likeness (QED) is 0.741. The molecular formula is C18H13FN4. The Balaban J connectivity index is 1.67. The fraction of sp³-hybridized carbons (Fsp3) is 0.0556. The van der Waals surface area contributed by atoms with Gasteiger partial charge in [-0.2, -0.15) is 10.4 Å². The molecule has 0 aliphatic rings. The van der Waals surface area contributed by atoms with Gasteiger partial charge < -0.3 is 0 Å². The first kappa shape index (κ1) is 14.7. The second kappa shape index (κ2) is 6.67. The van der Waals surface area contributed by atoms with E-state index < -0.39 is 0 Å². The van der Waals surface area contributed by atoms with Crippen LogP contribution in [-0.2, 0) is 6.42 Å². The fourth-order valence-electron chi connectivity index (χ4n) is 2.08. The lowest BCUT2D eigenvalue weighted by atomic mass is 10.2. The minimum atomic E-state index is -0.245. The number of hydrogen-bond donors (Lipinski definition) is 0. The molecule has 0 atom stereocenters. The molecule has 3 aromatic rings. The monoisotopic (exact) mass is 304 g/mol. The van der Waals surface area contributed by atoms with Crippen molar-refractivity contribution in [3.8, 4) is 11.8 Å². The van der Waals surface area contributed by atoms with E-state index >= 15 is 0 Å². The molecule has 0 spiro atoms. The number of nitrogens with zero attached hydrogens (tertiary/aromatic N) is 4. The summed E-state index contributed by atoms with van der Waals surface area (Å²) in [5, 5.41) is 13.2. The highest BCUT2D eigenvalue weighted by molar-refractivity contribution is 5.49. The van der Waals surface area contributed by atoms with Crippen molar-refractivity contribution in [1.29, 1.82) is 5.26 Å². The lowest BCUT2D eigenvalue weighted by Gasteiger charge is -1.99. The van der Waals surface area contributed by atoms with E-state index in [1.54, 1.807) is 35.3 Å². The van der Waals surface area contributed by atoms with Crippen LogP contribution in [0.3, 0.4) is 0 Å². The van der Waals surface area contributed by atoms with Crippen LogP contribution in [0.25, 0.3) is 11.8 Å². The highest BCUT2D eigenvalue weighted by Gasteiger charge is 2.01. The molecule has 0 unspecified atom stereocenters. The molecular weight excluding hydrogens is 291 g/mol. The Kier molecular flexibility index (Phi) is 4.25. The number of nitriles is 1. The molecule has 4 nitrogen and oxygen atoms in total. The number of allylic oxidation sites excluding steroid dienone is 1. The molecule has 0 aliphatic carbocycles. The van der Waals surface area contributed by atoms with Gasteiger partial charge in [0.15, 0.2) is 5.82 Å². The number of halogens is 1. The Hall–Kier alpha value is -3.26. The maximum absolute atomic E-state index is 12.8. The minimum Gasteiger partial charge on any atom is -0.221 e. The van der Waals surface area contributed by atoms with E-state index in [2.05, 4.69) is 16.2 Å². The van der Waals surface area contributed by atoms with Gasteiger partial charge in [0.1, 0.15) is 12.1 Å². The predicted octanol–water partition coefficient (Wildman–Crippen LogP) is 3.53. The van der Waals surface area contributed by atoms with Crippen molar-refractivity contribution in [2.45, 2.75) is 6.42 Å². The van der Waals surface area contributed by atoms with E-state index in [0.717, 1.165) is 11.3 Å². The van der Waals surface area contributed by atoms with Gasteiger partial charge in [0.25, 0.3) is 0 Å². The Morgan fingerprint density at radius 1 is 1.09 bits per heavy atom. The Labute approximate surface area is 133 Å². The lowest BCUT2D eigenvalue weighted by molar-refractivity contribution is 0.628. The van der Waals surface area contributed by atoms with Gasteiger partial charge in [0, 0.05) is 6.42 Å². The summed E-state index contributed by atoms with van der Waals surface area (Å²) in [6, 6.07) is 15.5. The van der Waals surface area contributed by atoms with E-state index in [4.69, 9.17) is 5.26 Å². The average Bonchev–Trinajstić information content (AvgIpc) is 3.06. The molecule has 1 heterocycles. The second-order valence-electron chi connectivity index (χ2n) is 4.92. The van der Waals surface area contributed by atoms with Gasteiger partial charge in [0.2, 0.25) is 0 Å². The van der Waals surface area contributed by atoms with Crippen LogP contribution in [0.4, 0.5) is 4.39 Å². The van der Waals surface area contributed by atoms with E-state index in [0.29, 0.717) is 17.8 Å². The first-order valence-corrected chi connectivity index (χ1v) is 7.08. The van der Waals surface area contributed by atoms with E-state index in [9.17, 15) is 4.39 Å². The molecule has 1 aromatic heterocycles. The van der Waals surface area contributed by atoms with Crippen LogP contribution in [0.5, 0.6) is 0 Å². The van der Waals surface area contributed by atoms with E-state index in [1.807, 2.05) is 24.3 Å². The third-order valence-corrected chi connectivity index (χ3v) is 3.28. The van der Waals surface area contributed by atoms with Crippen molar-refractivity contribution in [2.24, 2.45) is 0 Å². The molecule has 5 heteroatoms. The maximum Gasteiger partial charge on any atom is 0.154 e. The van der Waals surface area contributed by atoms with Gasteiger partial charge in [-0.3, -0.25) is 0 Å². The molecule has 0 N–H and O–H groups in total. The zero-order valence-electron chi connectivity index (χ0n) is 12.2. The van der Waals surface area contributed by atoms with Crippen molar-refractivity contribution in [3.05, 3.63) is 83.7 Å². The third kappa shape index (κ3) is 3.69. The zero-order valence-corrected chi connectivity index (χ0v) is 12.2. The molecule has 0 radical (unpaired) electrons. The number of benzene rings is 2. The molecule has 0 amide bonds. The predicted molar refractivity (Wildman–Crippen MR) is 85.2 cm³/mol. The van der Waals surface area contributed by atoms with Crippen molar-refractivity contribution < 1.29 is 4.39 Å². The van der Waals surface area contributed by atoms with Crippen molar-refractivity contribution >= 4 is 6.08 Å². The number of hydrogen-bond acceptors (Lipinski definition) is 3. The molecule has 3 rings (SSSR count). The largest absolute Gasteiger partial charge is 0.221 e. The summed E-state index contributed by atoms with van der Waals surface area (Å²) < 4.78 is 14.5. The molecule has 112 valence electrons. The van der Waals surface area contributed by atoms with Crippen LogP contribution in [0.15, 0.2) is 60.9 Å². The fourth-order valence-corrected chi connectivity index (χ4v) is 2.08. The molecule has 23 heavy (non-hydrogen) atoms. The van der Waals surface area contributed by atoms with Crippen LogP contribution in [0.1, 0.15) is 17.0 Å². The first-order chi connectivity index (χ1) is 11.2. The summed E-state index contributed by atoms with van der Waals surface area (Å²) in [6.07, 6.45) is 6.07. The summed E-state index contributed by atoms with van der Waals surface area (Å²) in [5.41, 5.74) is 2.39. The van der Waals surface area contributed by atoms with Crippen molar-refractivity contribution in [2.75, 3.05) is 0 Å². The Morgan fingerprint density at radius 2 is 1.83 bits per heavy atom. The van der Waals surface area contributed by atoms with Crippen molar-refractivity contribution in [1.82, 2.24) is 14.8 Å². The Morgan fingerprint density at radius 3 is 2.52 bits per heavy atom. The average molecular weight is 304 g/mol. The molecule has 0 saturated carbocycles. The summed E-state index contributed by atoms with van der Waals surface area (Å²) in [6.45, 7) is 0. The zero-order chi connectivity index (χ0) is 16.1. The lowest BCUT2D eigenvalue weighted by Crippen LogP contribution is -1.95. The maximum atomic E-state index is 12.8. The summed E-state index contributed by atoms with van der Waals surface area (Å²) in [5.74, 6) is 0.442. The summed E-state index contributed by atoms with van der Waals surface area (Å²) >= 11 is 0. The smallest absolute Gasteiger partial charge is 0.154 e. The van der Waals surface area contributed by atoms with Gasteiger partial charge in [-0.25, -0.2) is 14.1 Å². The minimum absolute atomic E-state index is 0.245. The molecule has 0 saturated heterocycles. The topological polar surface area (TPSA) is 54.5 Å². The number of rotatable bonds is 4. The van der Waals surface area contributed by atoms with Gasteiger partial charge in [-0.15, -0.1) is 0 Å². The van der Waals surface area contributed by atoms with Crippen LogP contribution in [-0.4, -0.2) is 14.8 Å². The van der Waals surface area contributed by atoms with Crippen LogP contribution in [0.2, 0.25) is 0 Å². The molecule has 0 bridgehead atoms. The molecule has 2 aromatic carbocycles. The van der Waals surface area contributed by atoms with E-state index in [-0.39, 0.29) is 5.82 Å². The van der Waals surface area contributed by atoms with E-state index in [1.165, 1.54) is 12.1 Å². The van der Waals surface area contributed by atoms with Gasteiger partial charge in [-0.05, 0) is 42.0 Å². The Bertz CT molecular complexity index is 855. The van der Waals surface area contributed by atoms with Crippen LogP contribution in [0, 0.1) is 17.1 Å². The summed E-state index contributed by atoms with van der Waals surface area (Å²) in [7, 11) is 0. The van der Waals surface area contributed by atoms with Crippen LogP contribution >= 0.6 is 0 Å². The molecule has 0 fully saturated rings. The normalized spacial score (nSPS) is 10.8. The van der Waals surface area contributed by atoms with Gasteiger partial charge in [-0.1, -0.05) is 24.3 Å². The first-order valence-electron chi connectivity index (χ1n) is 7.08. The summed E-state index contributed by atoms with van der Waals surface area (Å²) in [4.78, 5) is 4.26. The van der Waals surface area contributed by atoms with Gasteiger partial charge in [0.05, 0.1) is 17.3 Å². The highest BCUT2D eigenvalue weighted by atomic mass is 19.1. The van der Waals surface area contributed by atoms with Crippen LogP contribution < -0.4 is 0 Å². The third-order valence-electron chi connectivity index (χ3n) is 3.28. The van der Waals surface area contributed by atoms with Gasteiger partial charge >= 0.3 is 0 Å². The second-order valence-corrected chi connectivity index (χ2v) is 4.92. The highest BCUT2D eigenvalue weighted by Crippen LogP contribution is 2.09. The standard InChI is InChI=1S/C18H13FN4/c19-16-8-4-14(5-9-16)2-1-3-18-21-13-23(22-18)17-10-6-15(12-20)7-11-17/h1-2,4-11,13H,3H2. The van der Waals surface area contributed by atoms with Crippen molar-refractivity contribution in [3.63, 3.8) is 0 Å². The number of aromatic nitrogens is 3. The SMILES string of the molecule is N#Cc1ccc(-n2cnc(CC=Cc3ccc(F)cc3)n2)cc1.